The molecule has 2 heterocycles. The summed E-state index contributed by atoms with van der Waals surface area (Å²) in [5.41, 5.74) is -1.02. The first kappa shape index (κ1) is 16.5. The summed E-state index contributed by atoms with van der Waals surface area (Å²) < 4.78 is 40.5. The number of carbonyl (C=O) groups is 1. The highest BCUT2D eigenvalue weighted by atomic mass is 19.4. The third-order valence-corrected chi connectivity index (χ3v) is 4.30. The number of rotatable bonds is 5. The van der Waals surface area contributed by atoms with E-state index < -0.39 is 23.8 Å². The van der Waals surface area contributed by atoms with Gasteiger partial charge in [0.1, 0.15) is 11.9 Å². The molecule has 0 saturated heterocycles. The molecule has 3 rings (SSSR count). The SMILES string of the molecule is CC(C(=O)Nc1ccnn1CC1CCC1)n1ccc(C(F)(F)F)n1. The average Bonchev–Trinajstić information content (AvgIpc) is 3.10. The Balaban J connectivity index is 1.66. The van der Waals surface area contributed by atoms with Gasteiger partial charge in [-0.25, -0.2) is 4.68 Å². The number of aromatic nitrogens is 4. The minimum Gasteiger partial charge on any atom is -0.309 e. The van der Waals surface area contributed by atoms with Gasteiger partial charge in [-0.15, -0.1) is 0 Å². The molecule has 24 heavy (non-hydrogen) atoms. The third kappa shape index (κ3) is 3.44. The van der Waals surface area contributed by atoms with Gasteiger partial charge in [0.15, 0.2) is 5.69 Å². The van der Waals surface area contributed by atoms with E-state index in [2.05, 4.69) is 15.5 Å². The van der Waals surface area contributed by atoms with E-state index in [1.807, 2.05) is 0 Å². The molecule has 6 nitrogen and oxygen atoms in total. The first-order valence-corrected chi connectivity index (χ1v) is 7.79. The largest absolute Gasteiger partial charge is 0.435 e. The maximum absolute atomic E-state index is 12.6. The standard InChI is InChI=1S/C15H18F3N5O/c1-10(22-8-6-12(21-22)15(16,17)18)14(24)20-13-5-7-19-23(13)9-11-3-2-4-11/h5-8,10-11H,2-4,9H2,1H3,(H,20,24). The molecule has 9 heteroatoms. The van der Waals surface area contributed by atoms with Gasteiger partial charge < -0.3 is 5.32 Å². The highest BCUT2D eigenvalue weighted by Gasteiger charge is 2.34. The number of alkyl halides is 3. The van der Waals surface area contributed by atoms with Crippen LogP contribution < -0.4 is 5.32 Å². The number of halogens is 3. The zero-order valence-corrected chi connectivity index (χ0v) is 13.1. The van der Waals surface area contributed by atoms with Gasteiger partial charge in [0.2, 0.25) is 5.91 Å². The van der Waals surface area contributed by atoms with Crippen LogP contribution in [0.25, 0.3) is 0 Å². The van der Waals surface area contributed by atoms with Crippen molar-refractivity contribution >= 4 is 11.7 Å². The Bertz CT molecular complexity index is 717. The van der Waals surface area contributed by atoms with Crippen molar-refractivity contribution in [1.29, 1.82) is 0 Å². The fourth-order valence-corrected chi connectivity index (χ4v) is 2.56. The van der Waals surface area contributed by atoms with E-state index >= 15 is 0 Å². The van der Waals surface area contributed by atoms with E-state index in [1.165, 1.54) is 13.3 Å². The smallest absolute Gasteiger partial charge is 0.309 e. The molecule has 0 bridgehead atoms. The number of carbonyl (C=O) groups excluding carboxylic acids is 1. The van der Waals surface area contributed by atoms with E-state index in [4.69, 9.17) is 0 Å². The number of nitrogens with one attached hydrogen (secondary N) is 1. The van der Waals surface area contributed by atoms with Gasteiger partial charge in [-0.2, -0.15) is 23.4 Å². The highest BCUT2D eigenvalue weighted by molar-refractivity contribution is 5.92. The van der Waals surface area contributed by atoms with Gasteiger partial charge in [-0.05, 0) is 31.7 Å². The molecule has 1 fully saturated rings. The van der Waals surface area contributed by atoms with Crippen LogP contribution in [0.3, 0.4) is 0 Å². The zero-order valence-electron chi connectivity index (χ0n) is 13.1. The summed E-state index contributed by atoms with van der Waals surface area (Å²) in [5.74, 6) is 0.669. The van der Waals surface area contributed by atoms with Crippen LogP contribution in [0, 0.1) is 5.92 Å². The van der Waals surface area contributed by atoms with Crippen LogP contribution in [0.2, 0.25) is 0 Å². The Labute approximate surface area is 136 Å². The van der Waals surface area contributed by atoms with Crippen molar-refractivity contribution in [2.45, 2.75) is 44.9 Å². The number of hydrogen-bond donors (Lipinski definition) is 1. The van der Waals surface area contributed by atoms with Crippen LogP contribution in [0.5, 0.6) is 0 Å². The van der Waals surface area contributed by atoms with Crippen molar-refractivity contribution in [3.8, 4) is 0 Å². The van der Waals surface area contributed by atoms with Gasteiger partial charge in [-0.1, -0.05) is 6.42 Å². The summed E-state index contributed by atoms with van der Waals surface area (Å²) in [6.45, 7) is 2.23. The Morgan fingerprint density at radius 1 is 1.42 bits per heavy atom. The lowest BCUT2D eigenvalue weighted by molar-refractivity contribution is -0.141. The van der Waals surface area contributed by atoms with Gasteiger partial charge in [0, 0.05) is 18.8 Å². The van der Waals surface area contributed by atoms with Crippen LogP contribution in [-0.4, -0.2) is 25.5 Å². The van der Waals surface area contributed by atoms with Gasteiger partial charge in [-0.3, -0.25) is 9.48 Å². The fourth-order valence-electron chi connectivity index (χ4n) is 2.56. The molecule has 1 unspecified atom stereocenters. The summed E-state index contributed by atoms with van der Waals surface area (Å²) in [6.07, 6.45) is 1.73. The van der Waals surface area contributed by atoms with Gasteiger partial charge in [0.05, 0.1) is 6.20 Å². The van der Waals surface area contributed by atoms with Crippen LogP contribution in [0.4, 0.5) is 19.0 Å². The van der Waals surface area contributed by atoms with E-state index in [0.29, 0.717) is 11.7 Å². The zero-order chi connectivity index (χ0) is 17.3. The van der Waals surface area contributed by atoms with Crippen LogP contribution in [-0.2, 0) is 17.5 Å². The molecule has 1 aliphatic carbocycles. The summed E-state index contributed by atoms with van der Waals surface area (Å²) in [5, 5.41) is 10.3. The molecule has 0 radical (unpaired) electrons. The third-order valence-electron chi connectivity index (χ3n) is 4.30. The van der Waals surface area contributed by atoms with Crippen molar-refractivity contribution in [3.63, 3.8) is 0 Å². The molecule has 2 aromatic rings. The van der Waals surface area contributed by atoms with E-state index in [9.17, 15) is 18.0 Å². The second-order valence-corrected chi connectivity index (χ2v) is 6.04. The fraction of sp³-hybridized carbons (Fsp3) is 0.533. The van der Waals surface area contributed by atoms with Crippen LogP contribution in [0.15, 0.2) is 24.5 Å². The van der Waals surface area contributed by atoms with Crippen molar-refractivity contribution in [2.75, 3.05) is 5.32 Å². The Hall–Kier alpha value is -2.32. The first-order valence-electron chi connectivity index (χ1n) is 7.79. The van der Waals surface area contributed by atoms with Crippen LogP contribution >= 0.6 is 0 Å². The van der Waals surface area contributed by atoms with E-state index in [1.54, 1.807) is 16.9 Å². The molecular weight excluding hydrogens is 323 g/mol. The number of nitrogens with zero attached hydrogens (tertiary/aromatic N) is 4. The van der Waals surface area contributed by atoms with Crippen molar-refractivity contribution < 1.29 is 18.0 Å². The Morgan fingerprint density at radius 3 is 2.75 bits per heavy atom. The lowest BCUT2D eigenvalue weighted by Crippen LogP contribution is -2.27. The quantitative estimate of drug-likeness (QED) is 0.909. The lowest BCUT2D eigenvalue weighted by atomic mass is 9.85. The number of anilines is 1. The molecule has 1 amide bonds. The maximum atomic E-state index is 12.6. The van der Waals surface area contributed by atoms with Crippen LogP contribution in [0.1, 0.15) is 37.9 Å². The Kier molecular flexibility index (Phi) is 4.33. The first-order chi connectivity index (χ1) is 11.3. The molecule has 1 atom stereocenters. The minimum atomic E-state index is -4.52. The second-order valence-electron chi connectivity index (χ2n) is 6.04. The normalized spacial score (nSPS) is 16.7. The predicted molar refractivity (Wildman–Crippen MR) is 80.1 cm³/mol. The molecule has 1 aliphatic rings. The average molecular weight is 341 g/mol. The molecule has 0 aliphatic heterocycles. The topological polar surface area (TPSA) is 64.7 Å². The second kappa shape index (κ2) is 6.29. The van der Waals surface area contributed by atoms with E-state index in [0.717, 1.165) is 36.3 Å². The summed E-state index contributed by atoms with van der Waals surface area (Å²) in [6, 6.07) is 1.66. The highest BCUT2D eigenvalue weighted by Crippen LogP contribution is 2.29. The molecule has 1 saturated carbocycles. The molecule has 0 aromatic carbocycles. The molecule has 0 spiro atoms. The Morgan fingerprint density at radius 2 is 2.17 bits per heavy atom. The number of hydrogen-bond acceptors (Lipinski definition) is 3. The number of amides is 1. The predicted octanol–water partition coefficient (Wildman–Crippen LogP) is 3.10. The van der Waals surface area contributed by atoms with Crippen molar-refractivity contribution in [1.82, 2.24) is 19.6 Å². The van der Waals surface area contributed by atoms with Crippen molar-refractivity contribution in [2.24, 2.45) is 5.92 Å². The summed E-state index contributed by atoms with van der Waals surface area (Å²) in [4.78, 5) is 12.3. The molecule has 130 valence electrons. The maximum Gasteiger partial charge on any atom is 0.435 e. The molecular formula is C15H18F3N5O. The van der Waals surface area contributed by atoms with E-state index in [-0.39, 0.29) is 0 Å². The molecule has 2 aromatic heterocycles. The van der Waals surface area contributed by atoms with Crippen molar-refractivity contribution in [3.05, 3.63) is 30.2 Å². The summed E-state index contributed by atoms with van der Waals surface area (Å²) >= 11 is 0. The summed E-state index contributed by atoms with van der Waals surface area (Å²) in [7, 11) is 0. The molecule has 1 N–H and O–H groups in total. The minimum absolute atomic E-state index is 0.442. The lowest BCUT2D eigenvalue weighted by Gasteiger charge is -2.26. The van der Waals surface area contributed by atoms with Gasteiger partial charge >= 0.3 is 6.18 Å². The van der Waals surface area contributed by atoms with Gasteiger partial charge in [0.25, 0.3) is 0 Å². The monoisotopic (exact) mass is 341 g/mol.